The zero-order chi connectivity index (χ0) is 31.0. The van der Waals surface area contributed by atoms with Crippen LogP contribution in [0.4, 0.5) is 27.6 Å². The molecule has 0 aromatic heterocycles. The highest BCUT2D eigenvalue weighted by molar-refractivity contribution is 6.53. The number of carbonyl (C=O) groups is 3. The van der Waals surface area contributed by atoms with Crippen LogP contribution in [0.1, 0.15) is 45.0 Å². The molecule has 0 spiro atoms. The van der Waals surface area contributed by atoms with E-state index in [0.717, 1.165) is 24.3 Å². The van der Waals surface area contributed by atoms with Crippen molar-refractivity contribution in [2.75, 3.05) is 5.32 Å². The van der Waals surface area contributed by atoms with Crippen molar-refractivity contribution < 1.29 is 36.3 Å². The molecule has 0 radical (unpaired) electrons. The van der Waals surface area contributed by atoms with Crippen LogP contribution in [-0.2, 0) is 28.6 Å². The summed E-state index contributed by atoms with van der Waals surface area (Å²) in [6.07, 6.45) is -4.41. The van der Waals surface area contributed by atoms with Gasteiger partial charge in [0, 0.05) is 42.0 Å². The maximum atomic E-state index is 15.0. The van der Waals surface area contributed by atoms with Crippen LogP contribution >= 0.6 is 34.8 Å². The molecule has 0 aliphatic heterocycles. The van der Waals surface area contributed by atoms with Crippen molar-refractivity contribution in [1.82, 2.24) is 0 Å². The monoisotopic (exact) mass is 643 g/mol. The van der Waals surface area contributed by atoms with Gasteiger partial charge in [0.05, 0.1) is 16.5 Å². The van der Waals surface area contributed by atoms with E-state index in [1.54, 1.807) is 0 Å². The number of carbonyl (C=O) groups excluding carboxylic acids is 3. The predicted molar refractivity (Wildman–Crippen MR) is 150 cm³/mol. The molecule has 1 N–H and O–H groups in total. The highest BCUT2D eigenvalue weighted by Crippen LogP contribution is 2.65. The first-order valence-corrected chi connectivity index (χ1v) is 13.6. The van der Waals surface area contributed by atoms with E-state index in [4.69, 9.17) is 34.8 Å². The van der Waals surface area contributed by atoms with Gasteiger partial charge in [0.25, 0.3) is 0 Å². The number of alkyl halides is 5. The van der Waals surface area contributed by atoms with Crippen molar-refractivity contribution in [3.63, 3.8) is 0 Å². The van der Waals surface area contributed by atoms with Crippen LogP contribution in [-0.4, -0.2) is 21.8 Å². The molecule has 0 unspecified atom stereocenters. The minimum atomic E-state index is -4.60. The van der Waals surface area contributed by atoms with Crippen LogP contribution in [0, 0.1) is 17.6 Å². The van der Waals surface area contributed by atoms with Crippen LogP contribution in [0.3, 0.4) is 0 Å². The quantitative estimate of drug-likeness (QED) is 0.105. The molecule has 2 atom stereocenters. The van der Waals surface area contributed by atoms with E-state index < -0.39 is 75.4 Å². The molecule has 1 saturated carbocycles. The number of hydrogen-bond donors (Lipinski definition) is 1. The summed E-state index contributed by atoms with van der Waals surface area (Å²) in [6, 6.07) is 10.3. The Morgan fingerprint density at radius 1 is 1.00 bits per heavy atom. The number of anilines is 1. The summed E-state index contributed by atoms with van der Waals surface area (Å²) in [5, 5.41) is 2.53. The highest BCUT2D eigenvalue weighted by atomic mass is 35.5. The number of allylic oxidation sites excluding steroid dienone is 1. The van der Waals surface area contributed by atoms with Crippen LogP contribution in [0.5, 0.6) is 0 Å². The molecule has 0 saturated heterocycles. The van der Waals surface area contributed by atoms with Gasteiger partial charge in [-0.1, -0.05) is 41.9 Å². The summed E-state index contributed by atoms with van der Waals surface area (Å²) in [4.78, 5) is 38.0. The van der Waals surface area contributed by atoms with Gasteiger partial charge in [-0.2, -0.15) is 13.2 Å². The third-order valence-electron chi connectivity index (χ3n) is 6.81. The Labute approximate surface area is 252 Å². The van der Waals surface area contributed by atoms with E-state index in [1.807, 2.05) is 0 Å². The lowest BCUT2D eigenvalue weighted by molar-refractivity contribution is -0.137. The SMILES string of the molecule is C=CCC(=O)Cc1c(F)ccc(CC(=O)c2cc(NC(=O)[C@H]3[C@H](c4cccc(C(F)(F)F)c4)C3(Cl)Cl)ccc2Cl)c1F. The number of benzene rings is 3. The van der Waals surface area contributed by atoms with E-state index in [-0.39, 0.29) is 33.8 Å². The Morgan fingerprint density at radius 3 is 2.38 bits per heavy atom. The van der Waals surface area contributed by atoms with Crippen molar-refractivity contribution in [2.45, 2.75) is 35.7 Å². The number of ketones is 2. The molecule has 0 heterocycles. The first-order valence-electron chi connectivity index (χ1n) is 12.4. The molecule has 3 aromatic carbocycles. The van der Waals surface area contributed by atoms with Gasteiger partial charge in [0.15, 0.2) is 5.78 Å². The molecule has 1 fully saturated rings. The number of halogens is 8. The number of hydrogen-bond acceptors (Lipinski definition) is 3. The van der Waals surface area contributed by atoms with E-state index in [2.05, 4.69) is 11.9 Å². The van der Waals surface area contributed by atoms with Gasteiger partial charge in [-0.25, -0.2) is 8.78 Å². The average Bonchev–Trinajstić information content (AvgIpc) is 3.50. The average molecular weight is 645 g/mol. The van der Waals surface area contributed by atoms with Gasteiger partial charge < -0.3 is 5.32 Å². The van der Waals surface area contributed by atoms with E-state index >= 15 is 4.39 Å². The Hall–Kier alpha value is -3.27. The highest BCUT2D eigenvalue weighted by Gasteiger charge is 2.67. The molecule has 42 heavy (non-hydrogen) atoms. The van der Waals surface area contributed by atoms with E-state index in [1.165, 1.54) is 36.4 Å². The van der Waals surface area contributed by atoms with Crippen molar-refractivity contribution in [3.8, 4) is 0 Å². The zero-order valence-corrected chi connectivity index (χ0v) is 23.8. The molecule has 220 valence electrons. The van der Waals surface area contributed by atoms with Crippen LogP contribution in [0.2, 0.25) is 5.02 Å². The van der Waals surface area contributed by atoms with Crippen molar-refractivity contribution in [1.29, 1.82) is 0 Å². The van der Waals surface area contributed by atoms with Gasteiger partial charge in [0.1, 0.15) is 21.8 Å². The minimum absolute atomic E-state index is 0.0146. The van der Waals surface area contributed by atoms with Crippen LogP contribution in [0.25, 0.3) is 0 Å². The smallest absolute Gasteiger partial charge is 0.326 e. The van der Waals surface area contributed by atoms with Crippen molar-refractivity contribution in [3.05, 3.63) is 112 Å². The number of amides is 1. The Morgan fingerprint density at radius 2 is 1.71 bits per heavy atom. The summed E-state index contributed by atoms with van der Waals surface area (Å²) < 4.78 is 67.1. The summed E-state index contributed by atoms with van der Waals surface area (Å²) in [7, 11) is 0. The topological polar surface area (TPSA) is 63.2 Å². The van der Waals surface area contributed by atoms with Crippen molar-refractivity contribution >= 4 is 58.0 Å². The molecule has 4 rings (SSSR count). The van der Waals surface area contributed by atoms with Crippen molar-refractivity contribution in [2.24, 2.45) is 5.92 Å². The molecular formula is C30H21Cl3F5NO3. The summed E-state index contributed by atoms with van der Waals surface area (Å²) in [6.45, 7) is 3.42. The largest absolute Gasteiger partial charge is 0.416 e. The summed E-state index contributed by atoms with van der Waals surface area (Å²) in [5.74, 6) is -5.82. The third kappa shape index (κ3) is 6.69. The van der Waals surface area contributed by atoms with Crippen LogP contribution in [0.15, 0.2) is 67.3 Å². The molecule has 3 aromatic rings. The first-order chi connectivity index (χ1) is 19.6. The lowest BCUT2D eigenvalue weighted by Crippen LogP contribution is -2.17. The van der Waals surface area contributed by atoms with Gasteiger partial charge in [-0.05, 0) is 41.5 Å². The normalized spacial score (nSPS) is 17.4. The van der Waals surface area contributed by atoms with E-state index in [0.29, 0.717) is 0 Å². The lowest BCUT2D eigenvalue weighted by Gasteiger charge is -2.11. The Kier molecular flexibility index (Phi) is 9.16. The summed E-state index contributed by atoms with van der Waals surface area (Å²) in [5.41, 5.74) is -1.40. The molecular weight excluding hydrogens is 624 g/mol. The molecule has 4 nitrogen and oxygen atoms in total. The van der Waals surface area contributed by atoms with E-state index in [9.17, 15) is 31.9 Å². The number of rotatable bonds is 10. The second-order valence-corrected chi connectivity index (χ2v) is 11.6. The lowest BCUT2D eigenvalue weighted by atomic mass is 9.97. The maximum Gasteiger partial charge on any atom is 0.416 e. The Balaban J connectivity index is 1.51. The fraction of sp³-hybridized carbons (Fsp3) is 0.233. The fourth-order valence-electron chi connectivity index (χ4n) is 4.66. The second kappa shape index (κ2) is 12.1. The van der Waals surface area contributed by atoms with Gasteiger partial charge >= 0.3 is 6.18 Å². The van der Waals surface area contributed by atoms with Crippen LogP contribution < -0.4 is 5.32 Å². The predicted octanol–water partition coefficient (Wildman–Crippen LogP) is 8.28. The zero-order valence-electron chi connectivity index (χ0n) is 21.5. The molecule has 1 aliphatic rings. The fourth-order valence-corrected chi connectivity index (χ4v) is 5.71. The molecule has 1 amide bonds. The molecule has 12 heteroatoms. The standard InChI is InChI=1S/C30H21Cl3F5NO3/c1-2-4-19(40)14-21-23(34)10-7-16(27(21)35)12-24(41)20-13-18(8-9-22(20)31)39-28(42)26-25(29(26,32)33)15-5-3-6-17(11-15)30(36,37)38/h2-3,5-11,13,25-26H,1,4,12,14H2,(H,39,42)/t25-,26+/m0/s1. The van der Waals surface area contributed by atoms with Gasteiger partial charge in [0.2, 0.25) is 5.91 Å². The molecule has 0 bridgehead atoms. The first kappa shape index (κ1) is 31.7. The maximum absolute atomic E-state index is 15.0. The summed E-state index contributed by atoms with van der Waals surface area (Å²) >= 11 is 18.8. The third-order valence-corrected chi connectivity index (χ3v) is 8.08. The van der Waals surface area contributed by atoms with Gasteiger partial charge in [-0.15, -0.1) is 29.8 Å². The second-order valence-electron chi connectivity index (χ2n) is 9.74. The van der Waals surface area contributed by atoms with Gasteiger partial charge in [-0.3, -0.25) is 14.4 Å². The minimum Gasteiger partial charge on any atom is -0.326 e. The molecule has 1 aliphatic carbocycles. The number of Topliss-reactive ketones (excluding diaryl/α,β-unsaturated/α-hetero) is 2. The Bertz CT molecular complexity index is 1590. The number of nitrogens with one attached hydrogen (secondary N) is 1.